The summed E-state index contributed by atoms with van der Waals surface area (Å²) in [6, 6.07) is 12.7. The molecule has 1 N–H and O–H groups in total. The van der Waals surface area contributed by atoms with E-state index in [2.05, 4.69) is 70.3 Å². The molecular formula is C20H23N5. The Bertz CT molecular complexity index is 848. The van der Waals surface area contributed by atoms with E-state index in [0.717, 1.165) is 48.8 Å². The fourth-order valence-corrected chi connectivity index (χ4v) is 3.38. The Morgan fingerprint density at radius 2 is 1.72 bits per heavy atom. The predicted molar refractivity (Wildman–Crippen MR) is 102 cm³/mol. The van der Waals surface area contributed by atoms with Crippen LogP contribution in [0.5, 0.6) is 0 Å². The molecule has 0 atom stereocenters. The van der Waals surface area contributed by atoms with Crippen LogP contribution in [-0.4, -0.2) is 53.3 Å². The molecule has 1 aliphatic rings. The number of rotatable bonds is 3. The lowest BCUT2D eigenvalue weighted by Gasteiger charge is -2.33. The van der Waals surface area contributed by atoms with Crippen LogP contribution in [0.25, 0.3) is 22.4 Å². The van der Waals surface area contributed by atoms with Gasteiger partial charge in [-0.05, 0) is 37.7 Å². The van der Waals surface area contributed by atoms with Crippen LogP contribution in [0.2, 0.25) is 0 Å². The molecule has 3 aromatic rings. The monoisotopic (exact) mass is 333 g/mol. The van der Waals surface area contributed by atoms with Gasteiger partial charge < -0.3 is 9.80 Å². The SMILES string of the molecule is Cc1cccc(-c2[nH]nc(N3CCN(C)CC3)c2-c2ccncc2)c1. The number of H-pyrrole nitrogens is 1. The second kappa shape index (κ2) is 6.69. The maximum absolute atomic E-state index is 4.71. The van der Waals surface area contributed by atoms with Gasteiger partial charge in [0.1, 0.15) is 0 Å². The summed E-state index contributed by atoms with van der Waals surface area (Å²) in [4.78, 5) is 8.91. The summed E-state index contributed by atoms with van der Waals surface area (Å²) < 4.78 is 0. The Morgan fingerprint density at radius 3 is 2.44 bits per heavy atom. The van der Waals surface area contributed by atoms with Gasteiger partial charge in [-0.3, -0.25) is 10.1 Å². The third kappa shape index (κ3) is 3.15. The number of piperazine rings is 1. The molecule has 2 aromatic heterocycles. The molecule has 0 spiro atoms. The summed E-state index contributed by atoms with van der Waals surface area (Å²) >= 11 is 0. The van der Waals surface area contributed by atoms with Crippen molar-refractivity contribution >= 4 is 5.82 Å². The van der Waals surface area contributed by atoms with Gasteiger partial charge in [0, 0.05) is 44.1 Å². The predicted octanol–water partition coefficient (Wildman–Crippen LogP) is 3.20. The van der Waals surface area contributed by atoms with Gasteiger partial charge in [-0.1, -0.05) is 23.8 Å². The molecule has 0 amide bonds. The zero-order chi connectivity index (χ0) is 17.2. The summed E-state index contributed by atoms with van der Waals surface area (Å²) in [5, 5.41) is 8.01. The molecule has 1 aliphatic heterocycles. The minimum absolute atomic E-state index is 0.993. The van der Waals surface area contributed by atoms with Gasteiger partial charge in [0.05, 0.1) is 11.3 Å². The van der Waals surface area contributed by atoms with Gasteiger partial charge in [-0.15, -0.1) is 0 Å². The van der Waals surface area contributed by atoms with Crippen LogP contribution in [0, 0.1) is 6.92 Å². The molecule has 0 radical (unpaired) electrons. The van der Waals surface area contributed by atoms with E-state index < -0.39 is 0 Å². The highest BCUT2D eigenvalue weighted by molar-refractivity contribution is 5.89. The number of anilines is 1. The van der Waals surface area contributed by atoms with E-state index in [1.54, 1.807) is 0 Å². The van der Waals surface area contributed by atoms with E-state index in [1.807, 2.05) is 12.4 Å². The average molecular weight is 333 g/mol. The number of nitrogens with zero attached hydrogens (tertiary/aromatic N) is 4. The van der Waals surface area contributed by atoms with Crippen LogP contribution in [0.4, 0.5) is 5.82 Å². The summed E-state index contributed by atoms with van der Waals surface area (Å²) in [6.45, 7) is 6.22. The number of likely N-dealkylation sites (N-methyl/N-ethyl adjacent to an activating group) is 1. The maximum Gasteiger partial charge on any atom is 0.159 e. The fraction of sp³-hybridized carbons (Fsp3) is 0.300. The summed E-state index contributed by atoms with van der Waals surface area (Å²) in [5.74, 6) is 1.04. The van der Waals surface area contributed by atoms with Crippen molar-refractivity contribution in [2.24, 2.45) is 0 Å². The number of benzene rings is 1. The van der Waals surface area contributed by atoms with Crippen LogP contribution in [-0.2, 0) is 0 Å². The molecule has 0 unspecified atom stereocenters. The van der Waals surface area contributed by atoms with Crippen LogP contribution in [0.15, 0.2) is 48.8 Å². The van der Waals surface area contributed by atoms with Crippen molar-refractivity contribution in [3.63, 3.8) is 0 Å². The molecule has 25 heavy (non-hydrogen) atoms. The first-order valence-electron chi connectivity index (χ1n) is 8.71. The molecule has 1 aromatic carbocycles. The lowest BCUT2D eigenvalue weighted by atomic mass is 10.00. The zero-order valence-electron chi connectivity index (χ0n) is 14.7. The molecule has 0 bridgehead atoms. The third-order valence-electron chi connectivity index (χ3n) is 4.83. The lowest BCUT2D eigenvalue weighted by molar-refractivity contribution is 0.312. The minimum atomic E-state index is 0.993. The van der Waals surface area contributed by atoms with Crippen molar-refractivity contribution in [2.75, 3.05) is 38.1 Å². The smallest absolute Gasteiger partial charge is 0.159 e. The fourth-order valence-electron chi connectivity index (χ4n) is 3.38. The number of aryl methyl sites for hydroxylation is 1. The highest BCUT2D eigenvalue weighted by Crippen LogP contribution is 2.38. The van der Waals surface area contributed by atoms with Gasteiger partial charge in [0.25, 0.3) is 0 Å². The van der Waals surface area contributed by atoms with Crippen LogP contribution < -0.4 is 4.90 Å². The van der Waals surface area contributed by atoms with Crippen molar-refractivity contribution in [3.8, 4) is 22.4 Å². The van der Waals surface area contributed by atoms with Gasteiger partial charge in [-0.25, -0.2) is 0 Å². The number of hydrogen-bond acceptors (Lipinski definition) is 4. The highest BCUT2D eigenvalue weighted by atomic mass is 15.3. The highest BCUT2D eigenvalue weighted by Gasteiger charge is 2.23. The van der Waals surface area contributed by atoms with Crippen LogP contribution in [0.3, 0.4) is 0 Å². The Kier molecular flexibility index (Phi) is 4.24. The van der Waals surface area contributed by atoms with Crippen molar-refractivity contribution in [2.45, 2.75) is 6.92 Å². The van der Waals surface area contributed by atoms with Crippen LogP contribution >= 0.6 is 0 Å². The second-order valence-electron chi connectivity index (χ2n) is 6.69. The second-order valence-corrected chi connectivity index (χ2v) is 6.69. The van der Waals surface area contributed by atoms with E-state index in [9.17, 15) is 0 Å². The van der Waals surface area contributed by atoms with Crippen molar-refractivity contribution < 1.29 is 0 Å². The Labute approximate surface area is 148 Å². The van der Waals surface area contributed by atoms with E-state index in [0.29, 0.717) is 0 Å². The molecule has 0 saturated carbocycles. The number of nitrogens with one attached hydrogen (secondary N) is 1. The molecule has 5 nitrogen and oxygen atoms in total. The number of hydrogen-bond donors (Lipinski definition) is 1. The first kappa shape index (κ1) is 15.8. The van der Waals surface area contributed by atoms with E-state index in [-0.39, 0.29) is 0 Å². The molecule has 3 heterocycles. The minimum Gasteiger partial charge on any atom is -0.352 e. The lowest BCUT2D eigenvalue weighted by Crippen LogP contribution is -2.44. The Morgan fingerprint density at radius 1 is 0.960 bits per heavy atom. The zero-order valence-corrected chi connectivity index (χ0v) is 14.7. The summed E-state index contributed by atoms with van der Waals surface area (Å²) in [6.07, 6.45) is 3.69. The quantitative estimate of drug-likeness (QED) is 0.800. The van der Waals surface area contributed by atoms with Crippen molar-refractivity contribution in [1.29, 1.82) is 0 Å². The largest absolute Gasteiger partial charge is 0.352 e. The van der Waals surface area contributed by atoms with Crippen molar-refractivity contribution in [3.05, 3.63) is 54.4 Å². The number of aromatic amines is 1. The van der Waals surface area contributed by atoms with E-state index in [4.69, 9.17) is 5.10 Å². The normalized spacial score (nSPS) is 15.5. The maximum atomic E-state index is 4.71. The standard InChI is InChI=1S/C20H23N5/c1-15-4-3-5-17(14-15)19-18(16-6-8-21-9-7-16)20(23-22-19)25-12-10-24(2)11-13-25/h3-9,14H,10-13H2,1-2H3,(H,22,23). The van der Waals surface area contributed by atoms with Gasteiger partial charge in [0.15, 0.2) is 5.82 Å². The van der Waals surface area contributed by atoms with Gasteiger partial charge in [0.2, 0.25) is 0 Å². The third-order valence-corrected chi connectivity index (χ3v) is 4.83. The summed E-state index contributed by atoms with van der Waals surface area (Å²) in [7, 11) is 2.17. The number of aromatic nitrogens is 3. The molecule has 128 valence electrons. The van der Waals surface area contributed by atoms with Gasteiger partial charge >= 0.3 is 0 Å². The Balaban J connectivity index is 1.83. The van der Waals surface area contributed by atoms with Crippen LogP contribution in [0.1, 0.15) is 5.56 Å². The van der Waals surface area contributed by atoms with Crippen molar-refractivity contribution in [1.82, 2.24) is 20.1 Å². The van der Waals surface area contributed by atoms with Gasteiger partial charge in [-0.2, -0.15) is 5.10 Å². The van der Waals surface area contributed by atoms with E-state index >= 15 is 0 Å². The number of pyridine rings is 1. The Hall–Kier alpha value is -2.66. The topological polar surface area (TPSA) is 48.1 Å². The first-order chi connectivity index (χ1) is 12.2. The molecule has 4 rings (SSSR count). The summed E-state index contributed by atoms with van der Waals surface area (Å²) in [5.41, 5.74) is 5.80. The molecule has 1 fully saturated rings. The molecule has 0 aliphatic carbocycles. The molecular weight excluding hydrogens is 310 g/mol. The average Bonchev–Trinajstić information content (AvgIpc) is 3.08. The molecule has 5 heteroatoms. The van der Waals surface area contributed by atoms with E-state index in [1.165, 1.54) is 11.1 Å². The first-order valence-corrected chi connectivity index (χ1v) is 8.71. The molecule has 1 saturated heterocycles.